The van der Waals surface area contributed by atoms with E-state index >= 15 is 0 Å². The Morgan fingerprint density at radius 3 is 2.63 bits per heavy atom. The molecule has 0 saturated carbocycles. The third kappa shape index (κ3) is 4.73. The molecule has 0 atom stereocenters. The highest BCUT2D eigenvalue weighted by molar-refractivity contribution is 8.00. The summed E-state index contributed by atoms with van der Waals surface area (Å²) in [5.74, 6) is 0.362. The zero-order valence-electron chi connectivity index (χ0n) is 18.1. The number of carbonyl (C=O) groups excluding carboxylic acids is 1. The fourth-order valence-electron chi connectivity index (χ4n) is 3.53. The molecule has 2 heterocycles. The molecule has 0 bridgehead atoms. The van der Waals surface area contributed by atoms with Gasteiger partial charge in [0.15, 0.2) is 0 Å². The lowest BCUT2D eigenvalue weighted by Gasteiger charge is -2.31. The van der Waals surface area contributed by atoms with Gasteiger partial charge in [0.1, 0.15) is 5.75 Å². The molecule has 0 radical (unpaired) electrons. The van der Waals surface area contributed by atoms with Crippen molar-refractivity contribution >= 4 is 40.8 Å². The maximum atomic E-state index is 13.4. The van der Waals surface area contributed by atoms with Crippen LogP contribution in [0.3, 0.4) is 0 Å². The molecule has 178 valence electrons. The minimum Gasteiger partial charge on any atom is -0.497 e. The van der Waals surface area contributed by atoms with Gasteiger partial charge in [0.25, 0.3) is 5.22 Å². The number of halogens is 3. The van der Waals surface area contributed by atoms with E-state index in [1.54, 1.807) is 43.5 Å². The minimum absolute atomic E-state index is 0.117. The van der Waals surface area contributed by atoms with Crippen LogP contribution in [-0.4, -0.2) is 29.0 Å². The molecule has 0 saturated heterocycles. The van der Waals surface area contributed by atoms with E-state index in [2.05, 4.69) is 10.2 Å². The van der Waals surface area contributed by atoms with Gasteiger partial charge < -0.3 is 9.15 Å². The summed E-state index contributed by atoms with van der Waals surface area (Å²) in [6.45, 7) is 0. The number of methoxy groups -OCH3 is 1. The number of benzene rings is 3. The van der Waals surface area contributed by atoms with Crippen LogP contribution < -0.4 is 9.64 Å². The van der Waals surface area contributed by atoms with E-state index in [9.17, 15) is 18.0 Å². The van der Waals surface area contributed by atoms with E-state index in [1.165, 1.54) is 22.7 Å². The van der Waals surface area contributed by atoms with Crippen LogP contribution in [0.2, 0.25) is 0 Å². The number of carbonyl (C=O) groups is 1. The highest BCUT2D eigenvalue weighted by atomic mass is 32.2. The van der Waals surface area contributed by atoms with Gasteiger partial charge in [-0.3, -0.25) is 9.69 Å². The first-order valence-electron chi connectivity index (χ1n) is 10.3. The average Bonchev–Trinajstić information content (AvgIpc) is 3.34. The summed E-state index contributed by atoms with van der Waals surface area (Å²) in [4.78, 5) is 16.0. The standard InChI is InChI=1S/C24H16F3N3O3S2/c1-32-16-6-4-5-14(11-16)22-28-29-23(33-22)34-13-21(31)30-17-7-2-3-8-19(17)35-20-10-9-15(12-18(20)30)24(25,26)27/h2-12H,13H2,1H3. The molecule has 0 N–H and O–H groups in total. The van der Waals surface area contributed by atoms with Gasteiger partial charge in [-0.15, -0.1) is 10.2 Å². The quantitative estimate of drug-likeness (QED) is 0.275. The number of ether oxygens (including phenoxy) is 1. The number of hydrogen-bond donors (Lipinski definition) is 0. The number of para-hydroxylation sites is 1. The first-order valence-corrected chi connectivity index (χ1v) is 12.1. The molecule has 11 heteroatoms. The van der Waals surface area contributed by atoms with E-state index in [4.69, 9.17) is 9.15 Å². The zero-order valence-corrected chi connectivity index (χ0v) is 19.7. The first-order chi connectivity index (χ1) is 16.8. The molecule has 0 unspecified atom stereocenters. The Morgan fingerprint density at radius 1 is 1.03 bits per heavy atom. The van der Waals surface area contributed by atoms with Crippen LogP contribution in [0.4, 0.5) is 24.5 Å². The summed E-state index contributed by atoms with van der Waals surface area (Å²) in [6, 6.07) is 17.6. The van der Waals surface area contributed by atoms with Crippen molar-refractivity contribution in [1.29, 1.82) is 0 Å². The second-order valence-corrected chi connectivity index (χ2v) is 9.38. The van der Waals surface area contributed by atoms with Crippen molar-refractivity contribution < 1.29 is 27.1 Å². The van der Waals surface area contributed by atoms with Crippen molar-refractivity contribution in [3.05, 3.63) is 72.3 Å². The summed E-state index contributed by atoms with van der Waals surface area (Å²) in [5, 5.41) is 8.17. The molecule has 1 aliphatic heterocycles. The van der Waals surface area contributed by atoms with Crippen LogP contribution in [0.5, 0.6) is 5.75 Å². The maximum Gasteiger partial charge on any atom is 0.416 e. The summed E-state index contributed by atoms with van der Waals surface area (Å²) < 4.78 is 51.0. The highest BCUT2D eigenvalue weighted by Crippen LogP contribution is 2.49. The van der Waals surface area contributed by atoms with E-state index in [1.807, 2.05) is 12.1 Å². The normalized spacial score (nSPS) is 12.7. The molecule has 35 heavy (non-hydrogen) atoms. The minimum atomic E-state index is -4.53. The summed E-state index contributed by atoms with van der Waals surface area (Å²) in [6.07, 6.45) is -4.53. The van der Waals surface area contributed by atoms with Gasteiger partial charge >= 0.3 is 6.18 Å². The Kier molecular flexibility index (Phi) is 6.20. The van der Waals surface area contributed by atoms with Gasteiger partial charge in [0.2, 0.25) is 11.8 Å². The number of aromatic nitrogens is 2. The molecule has 0 fully saturated rings. The van der Waals surface area contributed by atoms with Crippen LogP contribution in [0.25, 0.3) is 11.5 Å². The number of nitrogens with zero attached hydrogens (tertiary/aromatic N) is 3. The Bertz CT molecular complexity index is 1410. The number of rotatable bonds is 5. The lowest BCUT2D eigenvalue weighted by molar-refractivity contribution is -0.137. The molecule has 1 aliphatic rings. The average molecular weight is 516 g/mol. The van der Waals surface area contributed by atoms with Crippen molar-refractivity contribution in [3.63, 3.8) is 0 Å². The fraction of sp³-hybridized carbons (Fsp3) is 0.125. The fourth-order valence-corrected chi connectivity index (χ4v) is 5.18. The van der Waals surface area contributed by atoms with Gasteiger partial charge in [-0.1, -0.05) is 41.7 Å². The van der Waals surface area contributed by atoms with Crippen molar-refractivity contribution in [2.45, 2.75) is 21.2 Å². The molecule has 1 aromatic heterocycles. The monoisotopic (exact) mass is 515 g/mol. The molecular formula is C24H16F3N3O3S2. The van der Waals surface area contributed by atoms with Gasteiger partial charge in [0, 0.05) is 15.4 Å². The molecule has 4 aromatic rings. The summed E-state index contributed by atoms with van der Waals surface area (Å²) in [5.41, 5.74) is 0.557. The number of fused-ring (bicyclic) bond motifs is 2. The molecule has 5 rings (SSSR count). The predicted octanol–water partition coefficient (Wildman–Crippen LogP) is 6.69. The third-order valence-corrected chi connectivity index (χ3v) is 7.08. The van der Waals surface area contributed by atoms with Crippen LogP contribution >= 0.6 is 23.5 Å². The van der Waals surface area contributed by atoms with Gasteiger partial charge in [0.05, 0.1) is 29.8 Å². The van der Waals surface area contributed by atoms with Crippen LogP contribution in [0, 0.1) is 0 Å². The van der Waals surface area contributed by atoms with E-state index in [0.717, 1.165) is 28.8 Å². The molecule has 0 aliphatic carbocycles. The Balaban J connectivity index is 1.40. The smallest absolute Gasteiger partial charge is 0.416 e. The topological polar surface area (TPSA) is 68.5 Å². The summed E-state index contributed by atoms with van der Waals surface area (Å²) >= 11 is 2.34. The second-order valence-electron chi connectivity index (χ2n) is 7.37. The van der Waals surface area contributed by atoms with Crippen molar-refractivity contribution in [1.82, 2.24) is 10.2 Å². The van der Waals surface area contributed by atoms with Crippen LogP contribution in [0.15, 0.2) is 86.2 Å². The van der Waals surface area contributed by atoms with E-state index < -0.39 is 17.6 Å². The van der Waals surface area contributed by atoms with Gasteiger partial charge in [-0.25, -0.2) is 0 Å². The van der Waals surface area contributed by atoms with Crippen molar-refractivity contribution in [2.75, 3.05) is 17.8 Å². The molecule has 6 nitrogen and oxygen atoms in total. The number of hydrogen-bond acceptors (Lipinski definition) is 7. The lowest BCUT2D eigenvalue weighted by Crippen LogP contribution is -2.30. The van der Waals surface area contributed by atoms with E-state index in [0.29, 0.717) is 21.9 Å². The Hall–Kier alpha value is -3.44. The number of alkyl halides is 3. The third-order valence-electron chi connectivity index (χ3n) is 5.14. The Morgan fingerprint density at radius 2 is 1.83 bits per heavy atom. The van der Waals surface area contributed by atoms with Gasteiger partial charge in [-0.05, 0) is 48.5 Å². The number of thioether (sulfide) groups is 1. The molecule has 0 spiro atoms. The number of anilines is 2. The van der Waals surface area contributed by atoms with Crippen LogP contribution in [-0.2, 0) is 11.0 Å². The van der Waals surface area contributed by atoms with Crippen molar-refractivity contribution in [3.8, 4) is 17.2 Å². The first kappa shape index (κ1) is 23.3. The van der Waals surface area contributed by atoms with Gasteiger partial charge in [-0.2, -0.15) is 13.2 Å². The largest absolute Gasteiger partial charge is 0.497 e. The predicted molar refractivity (Wildman–Crippen MR) is 126 cm³/mol. The maximum absolute atomic E-state index is 13.4. The molecular weight excluding hydrogens is 499 g/mol. The Labute approximate surface area is 206 Å². The zero-order chi connectivity index (χ0) is 24.6. The number of amides is 1. The lowest BCUT2D eigenvalue weighted by atomic mass is 10.1. The molecule has 3 aromatic carbocycles. The highest BCUT2D eigenvalue weighted by Gasteiger charge is 2.35. The van der Waals surface area contributed by atoms with Crippen LogP contribution in [0.1, 0.15) is 5.56 Å². The summed E-state index contributed by atoms with van der Waals surface area (Å²) in [7, 11) is 1.55. The SMILES string of the molecule is COc1cccc(-c2nnc(SCC(=O)N3c4ccccc4Sc4ccc(C(F)(F)F)cc43)o2)c1. The van der Waals surface area contributed by atoms with Crippen molar-refractivity contribution in [2.24, 2.45) is 0 Å². The molecule has 1 amide bonds. The van der Waals surface area contributed by atoms with E-state index in [-0.39, 0.29) is 22.6 Å². The second kappa shape index (κ2) is 9.31.